The molecule has 4 heterocycles. The maximum atomic E-state index is 6.07. The van der Waals surface area contributed by atoms with Gasteiger partial charge in [0.2, 0.25) is 0 Å². The molecule has 0 aliphatic heterocycles. The smallest absolute Gasteiger partial charge is 0.153 e. The van der Waals surface area contributed by atoms with Gasteiger partial charge in [0.1, 0.15) is 16.7 Å². The highest BCUT2D eigenvalue weighted by Gasteiger charge is 2.13. The average molecular weight is 426 g/mol. The Morgan fingerprint density at radius 3 is 2.33 bits per heavy atom. The van der Waals surface area contributed by atoms with Crippen LogP contribution in [-0.4, -0.2) is 9.97 Å². The van der Waals surface area contributed by atoms with Crippen LogP contribution in [0.15, 0.2) is 106 Å². The predicted octanol–water partition coefficient (Wildman–Crippen LogP) is 7.53. The van der Waals surface area contributed by atoms with E-state index >= 15 is 0 Å². The molecule has 33 heavy (non-hydrogen) atoms. The molecule has 4 heteroatoms. The Bertz CT molecular complexity index is 1800. The van der Waals surface area contributed by atoms with Gasteiger partial charge in [-0.25, -0.2) is 4.98 Å². The molecule has 0 N–H and O–H groups in total. The van der Waals surface area contributed by atoms with Crippen LogP contribution in [0.2, 0.25) is 0 Å². The van der Waals surface area contributed by atoms with Gasteiger partial charge >= 0.3 is 0 Å². The van der Waals surface area contributed by atoms with E-state index in [4.69, 9.17) is 13.8 Å². The van der Waals surface area contributed by atoms with Gasteiger partial charge in [-0.05, 0) is 48.0 Å². The molecule has 0 fully saturated rings. The maximum Gasteiger partial charge on any atom is 0.153 e. The van der Waals surface area contributed by atoms with Gasteiger partial charge in [0, 0.05) is 33.8 Å². The molecule has 0 aliphatic rings. The van der Waals surface area contributed by atoms with Crippen LogP contribution in [0.4, 0.5) is 0 Å². The minimum atomic E-state index is 0.787. The van der Waals surface area contributed by atoms with E-state index in [-0.39, 0.29) is 0 Å². The molecule has 0 amide bonds. The molecule has 0 spiro atoms. The molecule has 0 saturated heterocycles. The van der Waals surface area contributed by atoms with Crippen LogP contribution >= 0.6 is 0 Å². The summed E-state index contributed by atoms with van der Waals surface area (Å²) in [6.07, 6.45) is 2.59. The Morgan fingerprint density at radius 1 is 0.606 bits per heavy atom. The lowest BCUT2D eigenvalue weighted by Gasteiger charge is -2.02. The molecule has 4 nitrogen and oxygen atoms in total. The molecule has 7 rings (SSSR count). The SMILES string of the molecule is c1ccc(Cc2ccc3oc4ccc(-c5cc6c(cn5)oc5ccccc56)cc4c3n2)cc1. The molecule has 3 aromatic carbocycles. The van der Waals surface area contributed by atoms with Gasteiger partial charge in [0.15, 0.2) is 11.2 Å². The molecule has 4 aromatic heterocycles. The highest BCUT2D eigenvalue weighted by molar-refractivity contribution is 6.07. The van der Waals surface area contributed by atoms with Crippen LogP contribution in [0.3, 0.4) is 0 Å². The van der Waals surface area contributed by atoms with Gasteiger partial charge < -0.3 is 8.83 Å². The van der Waals surface area contributed by atoms with E-state index in [0.717, 1.165) is 67.4 Å². The number of benzene rings is 3. The molecule has 0 aliphatic carbocycles. The first kappa shape index (κ1) is 18.2. The fraction of sp³-hybridized carbons (Fsp3) is 0.0345. The summed E-state index contributed by atoms with van der Waals surface area (Å²) in [4.78, 5) is 9.62. The highest BCUT2D eigenvalue weighted by Crippen LogP contribution is 2.34. The van der Waals surface area contributed by atoms with Gasteiger partial charge in [0.05, 0.1) is 11.9 Å². The summed E-state index contributed by atoms with van der Waals surface area (Å²) in [5.41, 5.74) is 8.35. The number of rotatable bonds is 3. The monoisotopic (exact) mass is 426 g/mol. The van der Waals surface area contributed by atoms with Crippen molar-refractivity contribution in [3.63, 3.8) is 0 Å². The van der Waals surface area contributed by atoms with Crippen LogP contribution < -0.4 is 0 Å². The van der Waals surface area contributed by atoms with Crippen molar-refractivity contribution in [2.75, 3.05) is 0 Å². The lowest BCUT2D eigenvalue weighted by molar-refractivity contribution is 0.666. The van der Waals surface area contributed by atoms with Crippen molar-refractivity contribution in [2.45, 2.75) is 6.42 Å². The molecular formula is C29H18N2O2. The summed E-state index contributed by atoms with van der Waals surface area (Å²) >= 11 is 0. The van der Waals surface area contributed by atoms with Crippen LogP contribution in [0.1, 0.15) is 11.3 Å². The zero-order chi connectivity index (χ0) is 21.8. The quantitative estimate of drug-likeness (QED) is 0.293. The van der Waals surface area contributed by atoms with Crippen LogP contribution in [0, 0.1) is 0 Å². The van der Waals surface area contributed by atoms with Crippen molar-refractivity contribution in [2.24, 2.45) is 0 Å². The largest absolute Gasteiger partial charge is 0.454 e. The molecule has 0 saturated carbocycles. The van der Waals surface area contributed by atoms with Crippen molar-refractivity contribution >= 4 is 44.0 Å². The Labute approximate surface area is 189 Å². The van der Waals surface area contributed by atoms with Crippen LogP contribution in [0.25, 0.3) is 55.3 Å². The Morgan fingerprint density at radius 2 is 1.39 bits per heavy atom. The Kier molecular flexibility index (Phi) is 3.87. The number of pyridine rings is 2. The van der Waals surface area contributed by atoms with Crippen LogP contribution in [0.5, 0.6) is 0 Å². The summed E-state index contributed by atoms with van der Waals surface area (Å²) in [5.74, 6) is 0. The number of nitrogens with zero attached hydrogens (tertiary/aromatic N) is 2. The Hall–Kier alpha value is -4.44. The minimum absolute atomic E-state index is 0.787. The first-order valence-electron chi connectivity index (χ1n) is 11.0. The standard InChI is InChI=1S/C29H18N2O2/c1-2-6-18(7-3-1)14-20-11-13-27-29(31-20)23-15-19(10-12-26(23)32-27)24-16-22-21-8-4-5-9-25(21)33-28(22)17-30-24/h1-13,15-17H,14H2. The number of para-hydroxylation sites is 1. The van der Waals surface area contributed by atoms with Crippen LogP contribution in [-0.2, 0) is 6.42 Å². The first-order valence-corrected chi connectivity index (χ1v) is 11.0. The van der Waals surface area contributed by atoms with Gasteiger partial charge in [-0.3, -0.25) is 4.98 Å². The molecule has 0 atom stereocenters. The third kappa shape index (κ3) is 2.99. The van der Waals surface area contributed by atoms with E-state index in [0.29, 0.717) is 0 Å². The number of aromatic nitrogens is 2. The van der Waals surface area contributed by atoms with E-state index in [1.165, 1.54) is 5.56 Å². The number of furan rings is 2. The van der Waals surface area contributed by atoms with Crippen molar-refractivity contribution in [1.82, 2.24) is 9.97 Å². The second-order valence-corrected chi connectivity index (χ2v) is 8.29. The molecule has 0 bridgehead atoms. The first-order chi connectivity index (χ1) is 16.3. The second-order valence-electron chi connectivity index (χ2n) is 8.29. The number of hydrogen-bond acceptors (Lipinski definition) is 4. The fourth-order valence-corrected chi connectivity index (χ4v) is 4.54. The molecule has 0 radical (unpaired) electrons. The summed E-state index contributed by atoms with van der Waals surface area (Å²) in [5, 5.41) is 3.16. The van der Waals surface area contributed by atoms with Crippen molar-refractivity contribution in [1.29, 1.82) is 0 Å². The molecular weight excluding hydrogens is 408 g/mol. The summed E-state index contributed by atoms with van der Waals surface area (Å²) < 4.78 is 12.0. The van der Waals surface area contributed by atoms with E-state index in [2.05, 4.69) is 47.4 Å². The summed E-state index contributed by atoms with van der Waals surface area (Å²) in [7, 11) is 0. The topological polar surface area (TPSA) is 52.1 Å². The predicted molar refractivity (Wildman–Crippen MR) is 131 cm³/mol. The average Bonchev–Trinajstić information content (AvgIpc) is 3.42. The van der Waals surface area contributed by atoms with E-state index in [9.17, 15) is 0 Å². The normalized spacial score (nSPS) is 11.8. The third-order valence-electron chi connectivity index (χ3n) is 6.16. The Balaban J connectivity index is 1.36. The zero-order valence-electron chi connectivity index (χ0n) is 17.7. The van der Waals surface area contributed by atoms with Crippen molar-refractivity contribution < 1.29 is 8.83 Å². The van der Waals surface area contributed by atoms with Crippen molar-refractivity contribution in [3.8, 4) is 11.3 Å². The van der Waals surface area contributed by atoms with Crippen molar-refractivity contribution in [3.05, 3.63) is 108 Å². The maximum absolute atomic E-state index is 6.07. The number of hydrogen-bond donors (Lipinski definition) is 0. The molecule has 156 valence electrons. The van der Waals surface area contributed by atoms with Gasteiger partial charge in [-0.2, -0.15) is 0 Å². The number of fused-ring (bicyclic) bond motifs is 6. The lowest BCUT2D eigenvalue weighted by Crippen LogP contribution is -1.91. The highest BCUT2D eigenvalue weighted by atomic mass is 16.3. The zero-order valence-corrected chi connectivity index (χ0v) is 17.7. The lowest BCUT2D eigenvalue weighted by atomic mass is 10.1. The minimum Gasteiger partial charge on any atom is -0.454 e. The van der Waals surface area contributed by atoms with Gasteiger partial charge in [0.25, 0.3) is 0 Å². The third-order valence-corrected chi connectivity index (χ3v) is 6.16. The second kappa shape index (κ2) is 7.04. The summed E-state index contributed by atoms with van der Waals surface area (Å²) in [6.45, 7) is 0. The summed E-state index contributed by atoms with van der Waals surface area (Å²) in [6, 6.07) is 30.8. The molecule has 7 aromatic rings. The van der Waals surface area contributed by atoms with E-state index < -0.39 is 0 Å². The van der Waals surface area contributed by atoms with Gasteiger partial charge in [-0.1, -0.05) is 48.5 Å². The molecule has 0 unspecified atom stereocenters. The fourth-order valence-electron chi connectivity index (χ4n) is 4.54. The van der Waals surface area contributed by atoms with Gasteiger partial charge in [-0.15, -0.1) is 0 Å². The van der Waals surface area contributed by atoms with E-state index in [1.807, 2.05) is 48.5 Å². The van der Waals surface area contributed by atoms with E-state index in [1.54, 1.807) is 6.20 Å².